The van der Waals surface area contributed by atoms with Gasteiger partial charge in [0.25, 0.3) is 5.91 Å². The molecule has 1 amide bonds. The Bertz CT molecular complexity index is 779. The second kappa shape index (κ2) is 6.65. The third-order valence-electron chi connectivity index (χ3n) is 3.86. The van der Waals surface area contributed by atoms with Gasteiger partial charge in [-0.3, -0.25) is 9.69 Å². The third-order valence-corrected chi connectivity index (χ3v) is 3.86. The number of aryl methyl sites for hydroxylation is 1. The molecule has 0 bridgehead atoms. The zero-order valence-corrected chi connectivity index (χ0v) is 13.9. The van der Waals surface area contributed by atoms with Gasteiger partial charge in [-0.15, -0.1) is 0 Å². The summed E-state index contributed by atoms with van der Waals surface area (Å²) in [5.74, 6) is -0.755. The van der Waals surface area contributed by atoms with E-state index in [1.165, 1.54) is 12.0 Å². The Hall–Kier alpha value is -2.62. The van der Waals surface area contributed by atoms with Gasteiger partial charge in [-0.25, -0.2) is 4.79 Å². The molecule has 0 spiro atoms. The van der Waals surface area contributed by atoms with Crippen molar-refractivity contribution in [1.82, 2.24) is 0 Å². The highest BCUT2D eigenvalue weighted by Gasteiger charge is 2.30. The monoisotopic (exact) mass is 311 g/mol. The lowest BCUT2D eigenvalue weighted by molar-refractivity contribution is -0.142. The highest BCUT2D eigenvalue weighted by Crippen LogP contribution is 2.33. The normalized spacial score (nSPS) is 11.8. The maximum atomic E-state index is 12.7. The minimum absolute atomic E-state index is 0.289. The van der Waals surface area contributed by atoms with Crippen LogP contribution in [0.4, 0.5) is 5.69 Å². The zero-order valence-electron chi connectivity index (χ0n) is 13.9. The molecular formula is C19H21NO3. The van der Waals surface area contributed by atoms with Gasteiger partial charge < -0.3 is 4.74 Å². The van der Waals surface area contributed by atoms with Gasteiger partial charge in [-0.05, 0) is 31.7 Å². The fraction of sp³-hybridized carbons (Fsp3) is 0.263. The smallest absolute Gasteiger partial charge is 0.328 e. The molecular weight excluding hydrogens is 290 g/mol. The number of amides is 1. The first-order valence-electron chi connectivity index (χ1n) is 7.43. The molecule has 0 unspecified atom stereocenters. The number of carbonyl (C=O) groups excluding carboxylic acids is 2. The quantitative estimate of drug-likeness (QED) is 0.640. The minimum Gasteiger partial charge on any atom is -0.467 e. The minimum atomic E-state index is -0.742. The van der Waals surface area contributed by atoms with Gasteiger partial charge in [0.1, 0.15) is 6.04 Å². The number of fused-ring (bicyclic) bond motifs is 1. The first-order valence-corrected chi connectivity index (χ1v) is 7.43. The molecule has 0 aromatic heterocycles. The van der Waals surface area contributed by atoms with Crippen molar-refractivity contribution in [2.24, 2.45) is 0 Å². The molecule has 0 N–H and O–H groups in total. The van der Waals surface area contributed by atoms with Crippen LogP contribution in [-0.2, 0) is 14.3 Å². The molecule has 4 nitrogen and oxygen atoms in total. The van der Waals surface area contributed by atoms with Gasteiger partial charge in [-0.2, -0.15) is 0 Å². The summed E-state index contributed by atoms with van der Waals surface area (Å²) >= 11 is 0. The number of anilines is 1. The number of nitrogens with zero attached hydrogens (tertiary/aromatic N) is 1. The van der Waals surface area contributed by atoms with Crippen LogP contribution in [-0.4, -0.2) is 25.0 Å². The van der Waals surface area contributed by atoms with Crippen molar-refractivity contribution in [3.8, 4) is 0 Å². The van der Waals surface area contributed by atoms with Crippen LogP contribution >= 0.6 is 0 Å². The Morgan fingerprint density at radius 1 is 1.17 bits per heavy atom. The lowest BCUT2D eigenvalue weighted by Crippen LogP contribution is -2.44. The van der Waals surface area contributed by atoms with Crippen LogP contribution in [0.15, 0.2) is 48.6 Å². The first-order chi connectivity index (χ1) is 10.9. The molecule has 0 saturated heterocycles. The van der Waals surface area contributed by atoms with Crippen molar-refractivity contribution in [3.05, 3.63) is 54.1 Å². The molecule has 1 atom stereocenters. The van der Waals surface area contributed by atoms with E-state index in [1.807, 2.05) is 43.3 Å². The molecule has 0 heterocycles. The van der Waals surface area contributed by atoms with E-state index in [0.29, 0.717) is 11.3 Å². The van der Waals surface area contributed by atoms with E-state index in [2.05, 4.69) is 6.58 Å². The van der Waals surface area contributed by atoms with Crippen LogP contribution in [0.5, 0.6) is 0 Å². The highest BCUT2D eigenvalue weighted by atomic mass is 16.5. The number of carbonyl (C=O) groups is 2. The molecule has 0 saturated carbocycles. The molecule has 2 aromatic carbocycles. The summed E-state index contributed by atoms with van der Waals surface area (Å²) in [5, 5.41) is 1.92. The molecule has 120 valence electrons. The van der Waals surface area contributed by atoms with Crippen LogP contribution in [0, 0.1) is 6.92 Å². The van der Waals surface area contributed by atoms with Gasteiger partial charge in [0.15, 0.2) is 0 Å². The van der Waals surface area contributed by atoms with Gasteiger partial charge in [-0.1, -0.05) is 43.0 Å². The lowest BCUT2D eigenvalue weighted by Gasteiger charge is -2.30. The van der Waals surface area contributed by atoms with Crippen molar-refractivity contribution < 1.29 is 14.3 Å². The van der Waals surface area contributed by atoms with E-state index >= 15 is 0 Å². The van der Waals surface area contributed by atoms with Crippen LogP contribution in [0.25, 0.3) is 10.8 Å². The molecule has 0 fully saturated rings. The Labute approximate surface area is 136 Å². The molecule has 2 aromatic rings. The summed E-state index contributed by atoms with van der Waals surface area (Å²) in [6, 6.07) is 11.0. The predicted octanol–water partition coefficient (Wildman–Crippen LogP) is 3.62. The van der Waals surface area contributed by atoms with Crippen LogP contribution in [0.2, 0.25) is 0 Å². The maximum absolute atomic E-state index is 12.7. The third kappa shape index (κ3) is 3.11. The first kappa shape index (κ1) is 16.7. The Morgan fingerprint density at radius 2 is 1.83 bits per heavy atom. The summed E-state index contributed by atoms with van der Waals surface area (Å²) in [6.45, 7) is 8.96. The molecule has 23 heavy (non-hydrogen) atoms. The standard InChI is InChI=1S/C19H21NO3/c1-12(2)18(21)20(14(4)19(22)23-5)17-13(3)10-11-15-8-6-7-9-16(15)17/h6-11,14H,1H2,2-5H3/t14-/m0/s1. The van der Waals surface area contributed by atoms with Crippen molar-refractivity contribution in [2.45, 2.75) is 26.8 Å². The van der Waals surface area contributed by atoms with Crippen molar-refractivity contribution in [2.75, 3.05) is 12.0 Å². The maximum Gasteiger partial charge on any atom is 0.328 e. The fourth-order valence-electron chi connectivity index (χ4n) is 2.64. The number of benzene rings is 2. The number of ether oxygens (including phenoxy) is 1. The number of hydrogen-bond acceptors (Lipinski definition) is 3. The number of rotatable bonds is 4. The van der Waals surface area contributed by atoms with Crippen LogP contribution < -0.4 is 4.90 Å². The van der Waals surface area contributed by atoms with E-state index in [1.54, 1.807) is 13.8 Å². The average molecular weight is 311 g/mol. The summed E-state index contributed by atoms with van der Waals surface area (Å²) in [4.78, 5) is 26.3. The van der Waals surface area contributed by atoms with Gasteiger partial charge in [0.2, 0.25) is 0 Å². The van der Waals surface area contributed by atoms with E-state index in [-0.39, 0.29) is 5.91 Å². The van der Waals surface area contributed by atoms with E-state index in [9.17, 15) is 9.59 Å². The SMILES string of the molecule is C=C(C)C(=O)N(c1c(C)ccc2ccccc12)[C@@H](C)C(=O)OC. The number of esters is 1. The average Bonchev–Trinajstić information content (AvgIpc) is 2.55. The molecule has 2 rings (SSSR count). The van der Waals surface area contributed by atoms with Crippen molar-refractivity contribution >= 4 is 28.3 Å². The predicted molar refractivity (Wildman–Crippen MR) is 92.5 cm³/mol. The topological polar surface area (TPSA) is 46.6 Å². The van der Waals surface area contributed by atoms with Crippen molar-refractivity contribution in [3.63, 3.8) is 0 Å². The lowest BCUT2D eigenvalue weighted by atomic mass is 10.0. The van der Waals surface area contributed by atoms with E-state index < -0.39 is 12.0 Å². The molecule has 0 aliphatic carbocycles. The summed E-state index contributed by atoms with van der Waals surface area (Å²) in [7, 11) is 1.32. The summed E-state index contributed by atoms with van der Waals surface area (Å²) in [5.41, 5.74) is 2.00. The summed E-state index contributed by atoms with van der Waals surface area (Å²) in [6.07, 6.45) is 0. The highest BCUT2D eigenvalue weighted by molar-refractivity contribution is 6.13. The Balaban J connectivity index is 2.73. The van der Waals surface area contributed by atoms with Crippen LogP contribution in [0.3, 0.4) is 0 Å². The van der Waals surface area contributed by atoms with Gasteiger partial charge in [0.05, 0.1) is 12.8 Å². The van der Waals surface area contributed by atoms with Gasteiger partial charge in [0, 0.05) is 11.0 Å². The molecule has 0 radical (unpaired) electrons. The van der Waals surface area contributed by atoms with E-state index in [0.717, 1.165) is 16.3 Å². The summed E-state index contributed by atoms with van der Waals surface area (Å²) < 4.78 is 4.83. The molecule has 0 aliphatic heterocycles. The van der Waals surface area contributed by atoms with E-state index in [4.69, 9.17) is 4.74 Å². The second-order valence-corrected chi connectivity index (χ2v) is 5.61. The number of hydrogen-bond donors (Lipinski definition) is 0. The molecule has 0 aliphatic rings. The largest absolute Gasteiger partial charge is 0.467 e. The zero-order chi connectivity index (χ0) is 17.1. The molecule has 4 heteroatoms. The van der Waals surface area contributed by atoms with Crippen LogP contribution in [0.1, 0.15) is 19.4 Å². The van der Waals surface area contributed by atoms with Gasteiger partial charge >= 0.3 is 5.97 Å². The fourth-order valence-corrected chi connectivity index (χ4v) is 2.64. The van der Waals surface area contributed by atoms with Crippen molar-refractivity contribution in [1.29, 1.82) is 0 Å². The Kier molecular flexibility index (Phi) is 4.84. The second-order valence-electron chi connectivity index (χ2n) is 5.61. The Morgan fingerprint density at radius 3 is 2.43 bits per heavy atom. The number of methoxy groups -OCH3 is 1.